The van der Waals surface area contributed by atoms with Crippen molar-refractivity contribution in [2.75, 3.05) is 4.90 Å². The Bertz CT molecular complexity index is 3130. The average Bonchev–Trinajstić information content (AvgIpc) is 3.72. The highest BCUT2D eigenvalue weighted by molar-refractivity contribution is 7.25. The maximum Gasteiger partial charge on any atom is 0.0543 e. The van der Waals surface area contributed by atoms with Crippen LogP contribution in [-0.2, 0) is 5.41 Å². The molecule has 0 atom stereocenters. The van der Waals surface area contributed by atoms with Gasteiger partial charge in [0.05, 0.1) is 5.69 Å². The molecule has 1 aliphatic carbocycles. The van der Waals surface area contributed by atoms with Gasteiger partial charge in [-0.05, 0) is 121 Å². The lowest BCUT2D eigenvalue weighted by Crippen LogP contribution is -2.16. The first-order valence-corrected chi connectivity index (χ1v) is 19.9. The number of rotatable bonds is 5. The molecule has 1 aliphatic rings. The number of thiophene rings is 1. The van der Waals surface area contributed by atoms with Crippen LogP contribution in [0.2, 0.25) is 0 Å². The van der Waals surface area contributed by atoms with Gasteiger partial charge >= 0.3 is 0 Å². The molecule has 1 aromatic heterocycles. The Balaban J connectivity index is 1.11. The molecule has 0 amide bonds. The van der Waals surface area contributed by atoms with E-state index >= 15 is 0 Å². The molecule has 0 aliphatic heterocycles. The van der Waals surface area contributed by atoms with Crippen LogP contribution in [0.1, 0.15) is 25.0 Å². The predicted molar refractivity (Wildman–Crippen MR) is 237 cm³/mol. The van der Waals surface area contributed by atoms with Crippen LogP contribution in [0.25, 0.3) is 75.1 Å². The summed E-state index contributed by atoms with van der Waals surface area (Å²) in [7, 11) is 0. The van der Waals surface area contributed by atoms with Crippen molar-refractivity contribution >= 4 is 70.1 Å². The van der Waals surface area contributed by atoms with Gasteiger partial charge in [-0.2, -0.15) is 0 Å². The smallest absolute Gasteiger partial charge is 0.0543 e. The SMILES string of the molecule is CC1(C)c2ccccc2-c2c(N(c3ccc(-c4cc5ccccc5cc4-c4ccc5ccccc5c4)cc3)c3ccc4sc5ccccc5c4c3)cccc21. The largest absolute Gasteiger partial charge is 0.310 e. The van der Waals surface area contributed by atoms with Crippen LogP contribution >= 0.6 is 11.3 Å². The van der Waals surface area contributed by atoms with Crippen molar-refractivity contribution in [2.24, 2.45) is 0 Å². The molecule has 55 heavy (non-hydrogen) atoms. The molecule has 0 spiro atoms. The third kappa shape index (κ3) is 5.06. The van der Waals surface area contributed by atoms with E-state index in [1.807, 2.05) is 11.3 Å². The summed E-state index contributed by atoms with van der Waals surface area (Å²) >= 11 is 1.87. The second kappa shape index (κ2) is 12.3. The molecule has 0 fully saturated rings. The molecule has 10 aromatic rings. The van der Waals surface area contributed by atoms with Gasteiger partial charge in [0.15, 0.2) is 0 Å². The first kappa shape index (κ1) is 32.0. The van der Waals surface area contributed by atoms with Crippen molar-refractivity contribution in [2.45, 2.75) is 19.3 Å². The number of benzene rings is 9. The van der Waals surface area contributed by atoms with Gasteiger partial charge in [0.2, 0.25) is 0 Å². The van der Waals surface area contributed by atoms with Crippen LogP contribution in [0, 0.1) is 0 Å². The Morgan fingerprint density at radius 3 is 1.80 bits per heavy atom. The second-order valence-corrected chi connectivity index (χ2v) is 16.4. The van der Waals surface area contributed by atoms with Crippen LogP contribution in [0.4, 0.5) is 17.1 Å². The molecule has 260 valence electrons. The molecule has 0 saturated heterocycles. The van der Waals surface area contributed by atoms with E-state index in [1.54, 1.807) is 0 Å². The van der Waals surface area contributed by atoms with E-state index in [0.717, 1.165) is 11.4 Å². The Labute approximate surface area is 325 Å². The molecule has 9 aromatic carbocycles. The van der Waals surface area contributed by atoms with Gasteiger partial charge in [-0.25, -0.2) is 0 Å². The molecule has 0 bridgehead atoms. The Morgan fingerprint density at radius 1 is 0.400 bits per heavy atom. The molecule has 0 saturated carbocycles. The maximum absolute atomic E-state index is 2.48. The Morgan fingerprint density at radius 2 is 1.00 bits per heavy atom. The molecular weight excluding hydrogens is 683 g/mol. The average molecular weight is 720 g/mol. The summed E-state index contributed by atoms with van der Waals surface area (Å²) in [5.74, 6) is 0. The molecule has 0 unspecified atom stereocenters. The van der Waals surface area contributed by atoms with Crippen LogP contribution in [0.3, 0.4) is 0 Å². The quantitative estimate of drug-likeness (QED) is 0.171. The molecule has 2 heteroatoms. The molecule has 1 nitrogen and oxygen atoms in total. The third-order valence-corrected chi connectivity index (χ3v) is 13.0. The second-order valence-electron chi connectivity index (χ2n) is 15.3. The zero-order chi connectivity index (χ0) is 36.7. The summed E-state index contributed by atoms with van der Waals surface area (Å²) in [6.07, 6.45) is 0. The standard InChI is InChI=1S/C53H37NS/c1-53(2)47-18-9-7-17-43(47)52-48(53)19-11-20-49(52)54(41-28-29-51-46(33-41)42-16-8-10-21-50(42)55-51)40-26-24-35(25-27-40)44-31-37-14-5-6-15-38(37)32-45(44)39-23-22-34-12-3-4-13-36(34)30-39/h3-33H,1-2H3. The van der Waals surface area contributed by atoms with E-state index in [-0.39, 0.29) is 5.41 Å². The lowest BCUT2D eigenvalue weighted by Gasteiger charge is -2.29. The van der Waals surface area contributed by atoms with E-state index < -0.39 is 0 Å². The van der Waals surface area contributed by atoms with E-state index in [2.05, 4.69) is 207 Å². The molecule has 1 heterocycles. The first-order chi connectivity index (χ1) is 27.0. The monoisotopic (exact) mass is 719 g/mol. The van der Waals surface area contributed by atoms with Crippen LogP contribution in [0.15, 0.2) is 188 Å². The van der Waals surface area contributed by atoms with E-state index in [1.165, 1.54) is 91.9 Å². The zero-order valence-corrected chi connectivity index (χ0v) is 31.6. The van der Waals surface area contributed by atoms with Crippen molar-refractivity contribution < 1.29 is 0 Å². The highest BCUT2D eigenvalue weighted by Gasteiger charge is 2.37. The van der Waals surface area contributed by atoms with Gasteiger partial charge < -0.3 is 4.90 Å². The zero-order valence-electron chi connectivity index (χ0n) is 30.8. The van der Waals surface area contributed by atoms with Gasteiger partial charge in [-0.1, -0.05) is 141 Å². The van der Waals surface area contributed by atoms with Gasteiger partial charge in [0.25, 0.3) is 0 Å². The van der Waals surface area contributed by atoms with E-state index in [9.17, 15) is 0 Å². The first-order valence-electron chi connectivity index (χ1n) is 19.1. The third-order valence-electron chi connectivity index (χ3n) is 11.8. The topological polar surface area (TPSA) is 3.24 Å². The lowest BCUT2D eigenvalue weighted by molar-refractivity contribution is 0.660. The number of anilines is 3. The molecule has 0 radical (unpaired) electrons. The van der Waals surface area contributed by atoms with Crippen molar-refractivity contribution in [3.8, 4) is 33.4 Å². The summed E-state index contributed by atoms with van der Waals surface area (Å²) in [4.78, 5) is 2.48. The van der Waals surface area contributed by atoms with E-state index in [0.29, 0.717) is 0 Å². The minimum atomic E-state index is -0.0970. The van der Waals surface area contributed by atoms with Crippen LogP contribution in [-0.4, -0.2) is 0 Å². The fraction of sp³-hybridized carbons (Fsp3) is 0.0566. The predicted octanol–water partition coefficient (Wildman–Crippen LogP) is 15.5. The lowest BCUT2D eigenvalue weighted by atomic mass is 9.82. The van der Waals surface area contributed by atoms with Gasteiger partial charge in [0, 0.05) is 42.5 Å². The number of nitrogens with zero attached hydrogens (tertiary/aromatic N) is 1. The molecule has 0 N–H and O–H groups in total. The summed E-state index contributed by atoms with van der Waals surface area (Å²) < 4.78 is 2.63. The number of hydrogen-bond donors (Lipinski definition) is 0. The summed E-state index contributed by atoms with van der Waals surface area (Å²) in [6.45, 7) is 4.72. The van der Waals surface area contributed by atoms with E-state index in [4.69, 9.17) is 0 Å². The van der Waals surface area contributed by atoms with Crippen molar-refractivity contribution in [3.63, 3.8) is 0 Å². The summed E-state index contributed by atoms with van der Waals surface area (Å²) in [5.41, 5.74) is 13.7. The van der Waals surface area contributed by atoms with Crippen molar-refractivity contribution in [1.82, 2.24) is 0 Å². The minimum absolute atomic E-state index is 0.0970. The summed E-state index contributed by atoms with van der Waals surface area (Å²) in [5, 5.41) is 7.59. The van der Waals surface area contributed by atoms with Crippen molar-refractivity contribution in [1.29, 1.82) is 0 Å². The Hall–Kier alpha value is -6.48. The van der Waals surface area contributed by atoms with Crippen molar-refractivity contribution in [3.05, 3.63) is 199 Å². The fourth-order valence-corrected chi connectivity index (χ4v) is 10.2. The highest BCUT2D eigenvalue weighted by atomic mass is 32.1. The van der Waals surface area contributed by atoms with Gasteiger partial charge in [-0.15, -0.1) is 11.3 Å². The molecular formula is C53H37NS. The van der Waals surface area contributed by atoms with Gasteiger partial charge in [0.1, 0.15) is 0 Å². The Kier molecular flexibility index (Phi) is 7.14. The summed E-state index contributed by atoms with van der Waals surface area (Å²) in [6, 6.07) is 69.8. The fourth-order valence-electron chi connectivity index (χ4n) is 9.07. The van der Waals surface area contributed by atoms with Crippen LogP contribution < -0.4 is 4.90 Å². The van der Waals surface area contributed by atoms with Crippen LogP contribution in [0.5, 0.6) is 0 Å². The normalized spacial score (nSPS) is 13.1. The maximum atomic E-state index is 2.48. The molecule has 11 rings (SSSR count). The number of hydrogen-bond acceptors (Lipinski definition) is 2. The highest BCUT2D eigenvalue weighted by Crippen LogP contribution is 2.54. The number of fused-ring (bicyclic) bond motifs is 8. The van der Waals surface area contributed by atoms with Gasteiger partial charge in [-0.3, -0.25) is 0 Å². The minimum Gasteiger partial charge on any atom is -0.310 e.